The Bertz CT molecular complexity index is 2240. The molecule has 0 aromatic rings. The van der Waals surface area contributed by atoms with Crippen LogP contribution in [-0.2, 0) is 62.3 Å². The molecule has 0 saturated carbocycles. The largest absolute Gasteiger partial charge is 0.370 e. The summed E-state index contributed by atoms with van der Waals surface area (Å²) in [6.45, 7) is 6.45. The number of hydrogen-bond donors (Lipinski definition) is 17. The Balaban J connectivity index is 2.54. The molecule has 0 bridgehead atoms. The molecule has 0 aliphatic carbocycles. The predicted octanol–water partition coefficient (Wildman–Crippen LogP) is -8.09. The topological polar surface area (TPSA) is 521 Å². The van der Waals surface area contributed by atoms with Crippen LogP contribution in [0.1, 0.15) is 112 Å². The molecule has 2 fully saturated rings. The summed E-state index contributed by atoms with van der Waals surface area (Å²) in [5.41, 5.74) is 27.2. The van der Waals surface area contributed by atoms with Gasteiger partial charge in [0.2, 0.25) is 76.8 Å². The third-order valence-corrected chi connectivity index (χ3v) is 12.0. The summed E-state index contributed by atoms with van der Waals surface area (Å²) in [7, 11) is 0. The summed E-state index contributed by atoms with van der Waals surface area (Å²) in [6.07, 6.45) is -0.418. The lowest BCUT2D eigenvalue weighted by Gasteiger charge is -2.27. The molecule has 78 heavy (non-hydrogen) atoms. The molecule has 32 nitrogen and oxygen atoms in total. The molecule has 10 atom stereocenters. The van der Waals surface area contributed by atoms with Gasteiger partial charge in [0.05, 0.1) is 12.8 Å². The number of carbonyl (C=O) groups excluding carboxylic acids is 13. The minimum Gasteiger partial charge on any atom is -0.370 e. The van der Waals surface area contributed by atoms with Crippen molar-refractivity contribution in [2.45, 2.75) is 172 Å². The standard InChI is InChI=1S/C46H79N19O13/c1-22-36(70)61-30(15-11-19-55-46(50)51)43(77)59-25(4)39(73)65-32(21-34(68)53-17-8-6-12-27(40(74)56-22)60-26(5)66)44(78)63-28-13-7-9-16-52-33(67)20-31(35(47)69)64-38(72)24(3)58-42(76)29(14-10-18-54-45(48)49)62-37(71)23(2)57-41(28)75/h22-25,27-32H,6-21H2,1-5H3,(H2,47,69)(H,52,67)(H,53,68)(H,56,74)(H,57,75)(H,58,76)(H,59,77)(H,60,66)(H,61,70)(H,62,71)(H,63,78)(H,64,72)(H,65,73)(H4,48,49,54)(H4,50,51,55)/t22-,23-,24-,25-,27-,28-,29-,30-,31-,32-/m0/s1. The number of rotatable bonds is 12. The fraction of sp³-hybridized carbons (Fsp3) is 0.674. The maximum atomic E-state index is 14.3. The first-order valence-electron chi connectivity index (χ1n) is 25.6. The van der Waals surface area contributed by atoms with Crippen molar-refractivity contribution in [2.24, 2.45) is 38.7 Å². The second-order valence-electron chi connectivity index (χ2n) is 18.9. The van der Waals surface area contributed by atoms with Crippen LogP contribution in [-0.4, -0.2) is 175 Å². The highest BCUT2D eigenvalue weighted by Crippen LogP contribution is 2.09. The van der Waals surface area contributed by atoms with Crippen molar-refractivity contribution in [1.82, 2.24) is 63.8 Å². The van der Waals surface area contributed by atoms with Gasteiger partial charge < -0.3 is 92.5 Å². The number of guanidine groups is 2. The first kappa shape index (κ1) is 65.8. The van der Waals surface area contributed by atoms with Gasteiger partial charge in [-0.15, -0.1) is 0 Å². The quantitative estimate of drug-likeness (QED) is 0.0490. The van der Waals surface area contributed by atoms with E-state index >= 15 is 0 Å². The van der Waals surface area contributed by atoms with Gasteiger partial charge in [-0.1, -0.05) is 0 Å². The lowest BCUT2D eigenvalue weighted by Crippen LogP contribution is -2.60. The Kier molecular flexibility index (Phi) is 28.4. The third kappa shape index (κ3) is 25.0. The Labute approximate surface area is 450 Å². The molecule has 0 unspecified atom stereocenters. The molecule has 2 rings (SSSR count). The van der Waals surface area contributed by atoms with Crippen molar-refractivity contribution in [3.63, 3.8) is 0 Å². The zero-order chi connectivity index (χ0) is 58.6. The molecule has 0 spiro atoms. The van der Waals surface area contributed by atoms with Crippen LogP contribution in [0.15, 0.2) is 9.98 Å². The summed E-state index contributed by atoms with van der Waals surface area (Å²) in [5, 5.41) is 30.1. The number of nitrogens with zero attached hydrogens (tertiary/aromatic N) is 2. The molecular formula is C46H79N19O13. The van der Waals surface area contributed by atoms with E-state index in [4.69, 9.17) is 28.7 Å². The molecule has 32 heteroatoms. The highest BCUT2D eigenvalue weighted by molar-refractivity contribution is 6.00. The number of nitrogens with one attached hydrogen (secondary N) is 12. The summed E-state index contributed by atoms with van der Waals surface area (Å²) < 4.78 is 0. The monoisotopic (exact) mass is 1110 g/mol. The van der Waals surface area contributed by atoms with Gasteiger partial charge in [-0.2, -0.15) is 0 Å². The van der Waals surface area contributed by atoms with Crippen LogP contribution in [0.3, 0.4) is 0 Å². The zero-order valence-electron chi connectivity index (χ0n) is 44.7. The lowest BCUT2D eigenvalue weighted by molar-refractivity contribution is -0.136. The van der Waals surface area contributed by atoms with E-state index < -0.39 is 150 Å². The van der Waals surface area contributed by atoms with Crippen LogP contribution in [0.5, 0.6) is 0 Å². The molecule has 22 N–H and O–H groups in total. The van der Waals surface area contributed by atoms with E-state index in [-0.39, 0.29) is 102 Å². The van der Waals surface area contributed by atoms with E-state index in [1.54, 1.807) is 0 Å². The maximum absolute atomic E-state index is 14.3. The normalized spacial score (nSPS) is 26.7. The van der Waals surface area contributed by atoms with Crippen LogP contribution >= 0.6 is 0 Å². The van der Waals surface area contributed by atoms with Crippen LogP contribution in [0.25, 0.3) is 0 Å². The number of aliphatic imine (C=N–C) groups is 2. The number of nitrogens with two attached hydrogens (primary N) is 5. The Morgan fingerprint density at radius 2 is 0.833 bits per heavy atom. The SMILES string of the molecule is CC(=O)N[C@H]1CCCCNC(=O)C[C@@H](C(=O)N[C@H]2CCCCNC(=O)C[C@@H](C(N)=O)NC(=O)[C@H](C)NC(=O)[C@H](CCCN=C(N)N)NC(=O)[C@H](C)NC2=O)NC(=O)[C@H](C)NC(=O)[C@H](CCCN=C(N)N)NC(=O)[C@H](C)NC1=O. The summed E-state index contributed by atoms with van der Waals surface area (Å²) in [4.78, 5) is 181. The van der Waals surface area contributed by atoms with Crippen molar-refractivity contribution in [3.8, 4) is 0 Å². The zero-order valence-corrected chi connectivity index (χ0v) is 44.7. The van der Waals surface area contributed by atoms with Gasteiger partial charge in [-0.3, -0.25) is 72.3 Å². The fourth-order valence-electron chi connectivity index (χ4n) is 7.65. The van der Waals surface area contributed by atoms with Crippen molar-refractivity contribution in [3.05, 3.63) is 0 Å². The lowest BCUT2D eigenvalue weighted by atomic mass is 10.1. The van der Waals surface area contributed by atoms with Gasteiger partial charge in [0, 0.05) is 33.1 Å². The predicted molar refractivity (Wildman–Crippen MR) is 280 cm³/mol. The molecule has 0 radical (unpaired) electrons. The average Bonchev–Trinajstić information content (AvgIpc) is 3.35. The van der Waals surface area contributed by atoms with Gasteiger partial charge in [0.1, 0.15) is 60.4 Å². The fourth-order valence-corrected chi connectivity index (χ4v) is 7.65. The van der Waals surface area contributed by atoms with Crippen molar-refractivity contribution in [2.75, 3.05) is 26.2 Å². The minimum atomic E-state index is -1.72. The van der Waals surface area contributed by atoms with E-state index in [1.165, 1.54) is 34.6 Å². The van der Waals surface area contributed by atoms with Gasteiger partial charge in [-0.25, -0.2) is 0 Å². The van der Waals surface area contributed by atoms with Crippen LogP contribution in [0.2, 0.25) is 0 Å². The smallest absolute Gasteiger partial charge is 0.243 e. The van der Waals surface area contributed by atoms with Crippen LogP contribution < -0.4 is 92.5 Å². The summed E-state index contributed by atoms with van der Waals surface area (Å²) in [5.74, 6) is -11.4. The summed E-state index contributed by atoms with van der Waals surface area (Å²) in [6, 6.07) is -13.8. The highest BCUT2D eigenvalue weighted by atomic mass is 16.2. The van der Waals surface area contributed by atoms with Gasteiger partial charge in [0.25, 0.3) is 0 Å². The number of primary amides is 1. The van der Waals surface area contributed by atoms with Gasteiger partial charge in [0.15, 0.2) is 11.9 Å². The molecule has 13 amide bonds. The van der Waals surface area contributed by atoms with Crippen molar-refractivity contribution >= 4 is 88.7 Å². The minimum absolute atomic E-state index is 0.00251. The number of amides is 13. The van der Waals surface area contributed by atoms with E-state index in [1.807, 2.05) is 0 Å². The maximum Gasteiger partial charge on any atom is 0.243 e. The molecule has 436 valence electrons. The van der Waals surface area contributed by atoms with Crippen LogP contribution in [0, 0.1) is 0 Å². The van der Waals surface area contributed by atoms with Crippen LogP contribution in [0.4, 0.5) is 0 Å². The van der Waals surface area contributed by atoms with E-state index in [2.05, 4.69) is 73.8 Å². The molecule has 2 saturated heterocycles. The highest BCUT2D eigenvalue weighted by Gasteiger charge is 2.34. The molecule has 0 aromatic carbocycles. The first-order valence-corrected chi connectivity index (χ1v) is 25.6. The molecule has 2 heterocycles. The third-order valence-electron chi connectivity index (χ3n) is 12.0. The Morgan fingerprint density at radius 1 is 0.474 bits per heavy atom. The Morgan fingerprint density at radius 3 is 1.22 bits per heavy atom. The molecule has 2 aliphatic rings. The van der Waals surface area contributed by atoms with Gasteiger partial charge >= 0.3 is 0 Å². The summed E-state index contributed by atoms with van der Waals surface area (Å²) >= 11 is 0. The molecule has 2 aliphatic heterocycles. The van der Waals surface area contributed by atoms with Crippen molar-refractivity contribution in [1.29, 1.82) is 0 Å². The van der Waals surface area contributed by atoms with E-state index in [0.717, 1.165) is 0 Å². The second kappa shape index (κ2) is 33.6. The first-order chi connectivity index (χ1) is 36.7. The second-order valence-corrected chi connectivity index (χ2v) is 18.9. The molecular weight excluding hydrogens is 1030 g/mol. The Hall–Kier alpha value is -8.35. The van der Waals surface area contributed by atoms with Gasteiger partial charge in [-0.05, 0) is 91.9 Å². The number of carbonyl (C=O) groups is 13. The average molecular weight is 1110 g/mol. The van der Waals surface area contributed by atoms with E-state index in [0.29, 0.717) is 0 Å². The van der Waals surface area contributed by atoms with Crippen molar-refractivity contribution < 1.29 is 62.3 Å². The van der Waals surface area contributed by atoms with E-state index in [9.17, 15) is 62.3 Å². The number of hydrogen-bond acceptors (Lipinski definition) is 15. The molecule has 0 aromatic heterocycles.